The molecule has 2 aromatic rings. The number of nitrogens with one attached hydrogen (secondary N) is 2. The van der Waals surface area contributed by atoms with Crippen LogP contribution in [0.15, 0.2) is 40.9 Å². The van der Waals surface area contributed by atoms with Gasteiger partial charge < -0.3 is 10.6 Å². The normalized spacial score (nSPS) is 13.3. The third-order valence-corrected chi connectivity index (χ3v) is 4.19. The number of hydrogen-bond acceptors (Lipinski definition) is 2. The molecule has 0 fully saturated rings. The summed E-state index contributed by atoms with van der Waals surface area (Å²) in [4.78, 5) is 23.7. The molecular formula is C17H15BrN2O2. The maximum atomic E-state index is 12.4. The zero-order chi connectivity index (χ0) is 15.7. The molecule has 5 heteroatoms. The number of carbonyl (C=O) groups is 2. The van der Waals surface area contributed by atoms with Gasteiger partial charge in [0.05, 0.1) is 0 Å². The molecule has 3 rings (SSSR count). The van der Waals surface area contributed by atoms with Gasteiger partial charge in [0.1, 0.15) is 0 Å². The summed E-state index contributed by atoms with van der Waals surface area (Å²) >= 11 is 3.41. The van der Waals surface area contributed by atoms with Crippen molar-refractivity contribution in [3.05, 3.63) is 57.6 Å². The van der Waals surface area contributed by atoms with E-state index in [-0.39, 0.29) is 11.8 Å². The van der Waals surface area contributed by atoms with Gasteiger partial charge in [-0.05, 0) is 60.9 Å². The lowest BCUT2D eigenvalue weighted by Crippen LogP contribution is -2.20. The van der Waals surface area contributed by atoms with E-state index in [1.807, 2.05) is 31.2 Å². The lowest BCUT2D eigenvalue weighted by atomic mass is 10.00. The summed E-state index contributed by atoms with van der Waals surface area (Å²) in [5, 5.41) is 5.74. The molecule has 0 saturated carbocycles. The lowest BCUT2D eigenvalue weighted by molar-refractivity contribution is -0.116. The van der Waals surface area contributed by atoms with Crippen molar-refractivity contribution in [1.29, 1.82) is 0 Å². The number of halogens is 1. The summed E-state index contributed by atoms with van der Waals surface area (Å²) in [6.45, 7) is 1.95. The van der Waals surface area contributed by atoms with Crippen molar-refractivity contribution in [1.82, 2.24) is 0 Å². The minimum atomic E-state index is -0.148. The Morgan fingerprint density at radius 3 is 2.77 bits per heavy atom. The van der Waals surface area contributed by atoms with E-state index in [1.165, 1.54) is 0 Å². The minimum absolute atomic E-state index is 0.0233. The van der Waals surface area contributed by atoms with Gasteiger partial charge in [-0.3, -0.25) is 9.59 Å². The summed E-state index contributed by atoms with van der Waals surface area (Å²) in [7, 11) is 0. The molecular weight excluding hydrogens is 344 g/mol. The highest BCUT2D eigenvalue weighted by Crippen LogP contribution is 2.25. The number of hydrogen-bond donors (Lipinski definition) is 2. The molecule has 0 radical (unpaired) electrons. The van der Waals surface area contributed by atoms with Crippen LogP contribution in [0.1, 0.15) is 27.9 Å². The zero-order valence-corrected chi connectivity index (χ0v) is 13.7. The Morgan fingerprint density at radius 2 is 2.00 bits per heavy atom. The zero-order valence-electron chi connectivity index (χ0n) is 12.1. The monoisotopic (exact) mass is 358 g/mol. The predicted octanol–water partition coefficient (Wildman–Crippen LogP) is 3.89. The van der Waals surface area contributed by atoms with Crippen LogP contribution in [-0.4, -0.2) is 11.8 Å². The van der Waals surface area contributed by atoms with Gasteiger partial charge in [-0.2, -0.15) is 0 Å². The van der Waals surface area contributed by atoms with E-state index in [9.17, 15) is 9.59 Å². The molecule has 2 amide bonds. The first-order chi connectivity index (χ1) is 10.5. The lowest BCUT2D eigenvalue weighted by Gasteiger charge is -2.17. The van der Waals surface area contributed by atoms with E-state index >= 15 is 0 Å². The predicted molar refractivity (Wildman–Crippen MR) is 90.2 cm³/mol. The molecule has 0 aliphatic carbocycles. The van der Waals surface area contributed by atoms with Gasteiger partial charge in [0.2, 0.25) is 5.91 Å². The van der Waals surface area contributed by atoms with Crippen molar-refractivity contribution in [3.8, 4) is 0 Å². The van der Waals surface area contributed by atoms with Crippen LogP contribution >= 0.6 is 15.9 Å². The van der Waals surface area contributed by atoms with Crippen molar-refractivity contribution in [2.24, 2.45) is 0 Å². The van der Waals surface area contributed by atoms with Crippen LogP contribution in [-0.2, 0) is 11.2 Å². The number of aryl methyl sites for hydroxylation is 2. The quantitative estimate of drug-likeness (QED) is 0.855. The smallest absolute Gasteiger partial charge is 0.255 e. The molecule has 4 nitrogen and oxygen atoms in total. The van der Waals surface area contributed by atoms with Gasteiger partial charge in [0, 0.05) is 27.8 Å². The van der Waals surface area contributed by atoms with Crippen molar-refractivity contribution in [3.63, 3.8) is 0 Å². The fourth-order valence-electron chi connectivity index (χ4n) is 2.49. The van der Waals surface area contributed by atoms with Crippen LogP contribution in [0.5, 0.6) is 0 Å². The highest BCUT2D eigenvalue weighted by atomic mass is 79.9. The molecule has 2 aromatic carbocycles. The van der Waals surface area contributed by atoms with Crippen LogP contribution in [0.3, 0.4) is 0 Å². The first kappa shape index (κ1) is 14.8. The molecule has 0 bridgehead atoms. The van der Waals surface area contributed by atoms with E-state index in [4.69, 9.17) is 0 Å². The van der Waals surface area contributed by atoms with Crippen LogP contribution in [0, 0.1) is 6.92 Å². The van der Waals surface area contributed by atoms with E-state index in [0.29, 0.717) is 18.4 Å². The second kappa shape index (κ2) is 5.93. The molecule has 22 heavy (non-hydrogen) atoms. The summed E-state index contributed by atoms with van der Waals surface area (Å²) in [6, 6.07) is 11.1. The van der Waals surface area contributed by atoms with Crippen LogP contribution in [0.2, 0.25) is 0 Å². The number of amides is 2. The highest BCUT2D eigenvalue weighted by Gasteiger charge is 2.17. The third-order valence-electron chi connectivity index (χ3n) is 3.70. The van der Waals surface area contributed by atoms with Gasteiger partial charge >= 0.3 is 0 Å². The van der Waals surface area contributed by atoms with E-state index in [1.54, 1.807) is 12.1 Å². The van der Waals surface area contributed by atoms with E-state index in [0.717, 1.165) is 27.0 Å². The largest absolute Gasteiger partial charge is 0.326 e. The minimum Gasteiger partial charge on any atom is -0.326 e. The average Bonchev–Trinajstić information content (AvgIpc) is 2.49. The van der Waals surface area contributed by atoms with Crippen molar-refractivity contribution in [2.45, 2.75) is 19.8 Å². The van der Waals surface area contributed by atoms with Gasteiger partial charge in [-0.15, -0.1) is 0 Å². The Kier molecular flexibility index (Phi) is 3.98. The topological polar surface area (TPSA) is 58.2 Å². The molecule has 2 N–H and O–H groups in total. The second-order valence-electron chi connectivity index (χ2n) is 5.33. The summed E-state index contributed by atoms with van der Waals surface area (Å²) in [5.74, 6) is -0.125. The van der Waals surface area contributed by atoms with Crippen LogP contribution in [0.25, 0.3) is 0 Å². The molecule has 1 aliphatic heterocycles. The van der Waals surface area contributed by atoms with E-state index in [2.05, 4.69) is 26.6 Å². The summed E-state index contributed by atoms with van der Waals surface area (Å²) < 4.78 is 0.979. The Labute approximate surface area is 137 Å². The van der Waals surface area contributed by atoms with Crippen molar-refractivity contribution in [2.75, 3.05) is 10.6 Å². The number of benzene rings is 2. The fourth-order valence-corrected chi connectivity index (χ4v) is 2.96. The molecule has 112 valence electrons. The first-order valence-corrected chi connectivity index (χ1v) is 7.82. The third kappa shape index (κ3) is 3.04. The average molecular weight is 359 g/mol. The van der Waals surface area contributed by atoms with Gasteiger partial charge in [-0.1, -0.05) is 15.9 Å². The van der Waals surface area contributed by atoms with Gasteiger partial charge in [-0.25, -0.2) is 0 Å². The molecule has 0 saturated heterocycles. The Bertz CT molecular complexity index is 771. The number of anilines is 2. The maximum Gasteiger partial charge on any atom is 0.255 e. The number of fused-ring (bicyclic) bond motifs is 1. The van der Waals surface area contributed by atoms with Gasteiger partial charge in [0.15, 0.2) is 0 Å². The Hall–Kier alpha value is -2.14. The standard InChI is InChI=1S/C17H15BrN2O2/c1-10-8-13(18)4-6-14(10)20-17(22)12-2-5-15-11(9-12)3-7-16(21)19-15/h2,4-6,8-9H,3,7H2,1H3,(H,19,21)(H,20,22). The van der Waals surface area contributed by atoms with Gasteiger partial charge in [0.25, 0.3) is 5.91 Å². The maximum absolute atomic E-state index is 12.4. The molecule has 1 aliphatic rings. The Balaban J connectivity index is 1.82. The van der Waals surface area contributed by atoms with Crippen molar-refractivity contribution >= 4 is 39.1 Å². The fraction of sp³-hybridized carbons (Fsp3) is 0.176. The highest BCUT2D eigenvalue weighted by molar-refractivity contribution is 9.10. The molecule has 0 unspecified atom stereocenters. The molecule has 0 spiro atoms. The summed E-state index contributed by atoms with van der Waals surface area (Å²) in [5.41, 5.74) is 4.18. The van der Waals surface area contributed by atoms with Crippen LogP contribution < -0.4 is 10.6 Å². The van der Waals surface area contributed by atoms with E-state index < -0.39 is 0 Å². The molecule has 0 aromatic heterocycles. The van der Waals surface area contributed by atoms with Crippen LogP contribution in [0.4, 0.5) is 11.4 Å². The first-order valence-electron chi connectivity index (χ1n) is 7.03. The number of carbonyl (C=O) groups excluding carboxylic acids is 2. The molecule has 0 atom stereocenters. The summed E-state index contributed by atoms with van der Waals surface area (Å²) in [6.07, 6.45) is 1.13. The van der Waals surface area contributed by atoms with Crippen molar-refractivity contribution < 1.29 is 9.59 Å². The SMILES string of the molecule is Cc1cc(Br)ccc1NC(=O)c1ccc2c(c1)CCC(=O)N2. The Morgan fingerprint density at radius 1 is 1.18 bits per heavy atom. The molecule has 1 heterocycles. The number of rotatable bonds is 2. The second-order valence-corrected chi connectivity index (χ2v) is 6.25.